The second-order valence-corrected chi connectivity index (χ2v) is 6.41. The average molecular weight is 402 g/mol. The van der Waals surface area contributed by atoms with Crippen molar-refractivity contribution in [1.29, 1.82) is 0 Å². The normalized spacial score (nSPS) is 11.4. The first-order valence-electron chi connectivity index (χ1n) is 6.97. The maximum atomic E-state index is 14.5. The molecule has 4 aromatic carbocycles. The highest BCUT2D eigenvalue weighted by molar-refractivity contribution is 14.1. The molecule has 0 aliphatic heterocycles. The van der Waals surface area contributed by atoms with Gasteiger partial charge in [0.05, 0.1) is 7.11 Å². The zero-order chi connectivity index (χ0) is 15.3. The zero-order valence-electron chi connectivity index (χ0n) is 11.9. The minimum Gasteiger partial charge on any atom is -0.496 e. The lowest BCUT2D eigenvalue weighted by atomic mass is 9.96. The van der Waals surface area contributed by atoms with Crippen LogP contribution in [0, 0.1) is 9.39 Å². The molecule has 0 spiro atoms. The number of methoxy groups -OCH3 is 1. The van der Waals surface area contributed by atoms with Gasteiger partial charge in [0.25, 0.3) is 0 Å². The van der Waals surface area contributed by atoms with E-state index in [2.05, 4.69) is 34.7 Å². The highest BCUT2D eigenvalue weighted by Crippen LogP contribution is 2.41. The van der Waals surface area contributed by atoms with Gasteiger partial charge in [-0.1, -0.05) is 36.4 Å². The quantitative estimate of drug-likeness (QED) is 0.285. The van der Waals surface area contributed by atoms with E-state index in [1.54, 1.807) is 13.2 Å². The van der Waals surface area contributed by atoms with Crippen molar-refractivity contribution in [2.45, 2.75) is 0 Å². The zero-order valence-corrected chi connectivity index (χ0v) is 14.0. The summed E-state index contributed by atoms with van der Waals surface area (Å²) in [6.45, 7) is 0. The molecule has 0 unspecified atom stereocenters. The van der Waals surface area contributed by atoms with E-state index in [0.29, 0.717) is 11.1 Å². The SMILES string of the molecule is COc1cc2ccccc2c2c(I)cc3cccc(F)c3c12. The van der Waals surface area contributed by atoms with E-state index in [1.807, 2.05) is 30.3 Å². The second-order valence-electron chi connectivity index (χ2n) is 5.25. The predicted octanol–water partition coefficient (Wildman–Crippen LogP) is 5.90. The fourth-order valence-corrected chi connectivity index (χ4v) is 4.01. The monoisotopic (exact) mass is 402 g/mol. The highest BCUT2D eigenvalue weighted by atomic mass is 127. The first-order chi connectivity index (χ1) is 10.7. The lowest BCUT2D eigenvalue weighted by Gasteiger charge is -2.14. The van der Waals surface area contributed by atoms with E-state index in [4.69, 9.17) is 4.74 Å². The van der Waals surface area contributed by atoms with Gasteiger partial charge in [-0.05, 0) is 56.9 Å². The average Bonchev–Trinajstić information content (AvgIpc) is 2.53. The molecule has 1 nitrogen and oxygen atoms in total. The molecule has 0 heterocycles. The Morgan fingerprint density at radius 1 is 0.864 bits per heavy atom. The number of ether oxygens (including phenoxy) is 1. The molecule has 0 bridgehead atoms. The van der Waals surface area contributed by atoms with E-state index >= 15 is 0 Å². The molecule has 4 aromatic rings. The molecule has 22 heavy (non-hydrogen) atoms. The predicted molar refractivity (Wildman–Crippen MR) is 98.2 cm³/mol. The minimum atomic E-state index is -0.215. The summed E-state index contributed by atoms with van der Waals surface area (Å²) in [5.41, 5.74) is 0. The Morgan fingerprint density at radius 3 is 2.45 bits per heavy atom. The van der Waals surface area contributed by atoms with Crippen LogP contribution in [-0.2, 0) is 0 Å². The molecular formula is C19H12FIO. The van der Waals surface area contributed by atoms with Crippen molar-refractivity contribution in [2.24, 2.45) is 0 Å². The van der Waals surface area contributed by atoms with Crippen LogP contribution >= 0.6 is 22.6 Å². The summed E-state index contributed by atoms with van der Waals surface area (Å²) in [7, 11) is 1.64. The number of halogens is 2. The third kappa shape index (κ3) is 1.88. The molecule has 3 heteroatoms. The maximum Gasteiger partial charge on any atom is 0.131 e. The summed E-state index contributed by atoms with van der Waals surface area (Å²) in [5.74, 6) is 0.495. The summed E-state index contributed by atoms with van der Waals surface area (Å²) in [6, 6.07) is 17.3. The van der Waals surface area contributed by atoms with Crippen molar-refractivity contribution < 1.29 is 9.13 Å². The summed E-state index contributed by atoms with van der Waals surface area (Å²) >= 11 is 2.32. The first-order valence-corrected chi connectivity index (χ1v) is 8.05. The van der Waals surface area contributed by atoms with Crippen LogP contribution in [0.15, 0.2) is 54.6 Å². The summed E-state index contributed by atoms with van der Waals surface area (Å²) < 4.78 is 21.2. The van der Waals surface area contributed by atoms with Gasteiger partial charge in [0.15, 0.2) is 0 Å². The van der Waals surface area contributed by atoms with Crippen molar-refractivity contribution in [2.75, 3.05) is 7.11 Å². The number of benzene rings is 4. The van der Waals surface area contributed by atoms with Gasteiger partial charge in [-0.3, -0.25) is 0 Å². The van der Waals surface area contributed by atoms with Crippen molar-refractivity contribution in [3.05, 3.63) is 64.0 Å². The largest absolute Gasteiger partial charge is 0.496 e. The minimum absolute atomic E-state index is 0.215. The summed E-state index contributed by atoms with van der Waals surface area (Å²) in [5, 5.41) is 5.63. The van der Waals surface area contributed by atoms with Crippen LogP contribution < -0.4 is 4.74 Å². The van der Waals surface area contributed by atoms with Gasteiger partial charge in [0.1, 0.15) is 11.6 Å². The molecule has 0 radical (unpaired) electrons. The molecule has 0 saturated heterocycles. The molecule has 108 valence electrons. The molecule has 0 aliphatic rings. The third-order valence-corrected chi connectivity index (χ3v) is 4.90. The smallest absolute Gasteiger partial charge is 0.131 e. The van der Waals surface area contributed by atoms with Crippen molar-refractivity contribution in [3.63, 3.8) is 0 Å². The summed E-state index contributed by atoms with van der Waals surface area (Å²) in [6.07, 6.45) is 0. The second kappa shape index (κ2) is 5.09. The Labute approximate surface area is 140 Å². The Morgan fingerprint density at radius 2 is 1.64 bits per heavy atom. The van der Waals surface area contributed by atoms with E-state index < -0.39 is 0 Å². The van der Waals surface area contributed by atoms with E-state index in [0.717, 1.165) is 30.5 Å². The fourth-order valence-electron chi connectivity index (χ4n) is 3.11. The van der Waals surface area contributed by atoms with Crippen LogP contribution in [0.3, 0.4) is 0 Å². The molecule has 0 saturated carbocycles. The van der Waals surface area contributed by atoms with Crippen LogP contribution in [0.5, 0.6) is 5.75 Å². The van der Waals surface area contributed by atoms with Crippen LogP contribution in [0.4, 0.5) is 4.39 Å². The van der Waals surface area contributed by atoms with Gasteiger partial charge in [0, 0.05) is 19.7 Å². The van der Waals surface area contributed by atoms with Gasteiger partial charge >= 0.3 is 0 Å². The maximum absolute atomic E-state index is 14.5. The molecule has 4 rings (SSSR count). The Balaban J connectivity index is 2.41. The van der Waals surface area contributed by atoms with Crippen molar-refractivity contribution >= 4 is 54.9 Å². The van der Waals surface area contributed by atoms with Gasteiger partial charge in [-0.25, -0.2) is 4.39 Å². The van der Waals surface area contributed by atoms with Gasteiger partial charge in [-0.2, -0.15) is 0 Å². The van der Waals surface area contributed by atoms with Gasteiger partial charge in [-0.15, -0.1) is 0 Å². The topological polar surface area (TPSA) is 9.23 Å². The first kappa shape index (κ1) is 13.8. The molecule has 0 aromatic heterocycles. The Bertz CT molecular complexity index is 1040. The van der Waals surface area contributed by atoms with E-state index in [1.165, 1.54) is 6.07 Å². The fraction of sp³-hybridized carbons (Fsp3) is 0.0526. The summed E-state index contributed by atoms with van der Waals surface area (Å²) in [4.78, 5) is 0. The van der Waals surface area contributed by atoms with E-state index in [-0.39, 0.29) is 5.82 Å². The Kier molecular flexibility index (Phi) is 3.18. The number of rotatable bonds is 1. The van der Waals surface area contributed by atoms with Crippen LogP contribution in [0.1, 0.15) is 0 Å². The number of hydrogen-bond acceptors (Lipinski definition) is 1. The molecule has 0 aliphatic carbocycles. The van der Waals surface area contributed by atoms with Crippen molar-refractivity contribution in [3.8, 4) is 5.75 Å². The van der Waals surface area contributed by atoms with Crippen molar-refractivity contribution in [1.82, 2.24) is 0 Å². The third-order valence-electron chi connectivity index (χ3n) is 4.05. The lowest BCUT2D eigenvalue weighted by molar-refractivity contribution is 0.420. The van der Waals surface area contributed by atoms with Crippen LogP contribution in [0.25, 0.3) is 32.3 Å². The number of hydrogen-bond donors (Lipinski definition) is 0. The standard InChI is InChI=1S/C19H12FIO/c1-22-16-10-11-5-2-3-7-13(11)18-15(21)9-12-6-4-8-14(20)17(12)19(16)18/h2-10H,1H3. The lowest BCUT2D eigenvalue weighted by Crippen LogP contribution is -1.92. The molecule has 0 fully saturated rings. The number of fused-ring (bicyclic) bond motifs is 5. The molecule has 0 N–H and O–H groups in total. The molecule has 0 atom stereocenters. The Hall–Kier alpha value is -1.88. The van der Waals surface area contributed by atoms with Gasteiger partial charge in [0.2, 0.25) is 0 Å². The highest BCUT2D eigenvalue weighted by Gasteiger charge is 2.15. The van der Waals surface area contributed by atoms with Gasteiger partial charge < -0.3 is 4.74 Å². The van der Waals surface area contributed by atoms with Crippen LogP contribution in [-0.4, -0.2) is 7.11 Å². The molecule has 0 amide bonds. The van der Waals surface area contributed by atoms with Crippen LogP contribution in [0.2, 0.25) is 0 Å². The molecular weight excluding hydrogens is 390 g/mol. The van der Waals surface area contributed by atoms with E-state index in [9.17, 15) is 4.39 Å².